The number of nitrogens with zero attached hydrogens (tertiary/aromatic N) is 1. The van der Waals surface area contributed by atoms with Gasteiger partial charge in [0.2, 0.25) is 0 Å². The predicted octanol–water partition coefficient (Wildman–Crippen LogP) is -0.359. The zero-order valence-corrected chi connectivity index (χ0v) is 10.1. The summed E-state index contributed by atoms with van der Waals surface area (Å²) in [5.41, 5.74) is 0.369. The highest BCUT2D eigenvalue weighted by Crippen LogP contribution is 2.18. The smallest absolute Gasteiger partial charge is 0.423 e. The molecule has 0 unspecified atom stereocenters. The minimum Gasteiger partial charge on any atom is -0.423 e. The van der Waals surface area contributed by atoms with Crippen LogP contribution in [0.15, 0.2) is 24.3 Å². The van der Waals surface area contributed by atoms with Gasteiger partial charge >= 0.3 is 7.12 Å². The van der Waals surface area contributed by atoms with Crippen LogP contribution in [0, 0.1) is 0 Å². The van der Waals surface area contributed by atoms with Gasteiger partial charge in [-0.15, -0.1) is 0 Å². The predicted molar refractivity (Wildman–Crippen MR) is 66.9 cm³/mol. The molecule has 2 rings (SSSR count). The lowest BCUT2D eigenvalue weighted by Gasteiger charge is -2.24. The Morgan fingerprint density at radius 1 is 1.24 bits per heavy atom. The molecule has 1 aliphatic rings. The van der Waals surface area contributed by atoms with Crippen LogP contribution in [0.1, 0.15) is 0 Å². The van der Waals surface area contributed by atoms with Crippen LogP contribution in [0.4, 0.5) is 0 Å². The van der Waals surface area contributed by atoms with E-state index in [1.165, 1.54) is 12.2 Å². The third-order valence-electron chi connectivity index (χ3n) is 2.40. The first-order chi connectivity index (χ1) is 8.27. The summed E-state index contributed by atoms with van der Waals surface area (Å²) in [5, 5.41) is 18.3. The molecule has 0 atom stereocenters. The molecule has 5 nitrogen and oxygen atoms in total. The van der Waals surface area contributed by atoms with Gasteiger partial charge in [0.1, 0.15) is 18.0 Å². The first-order valence-corrected chi connectivity index (χ1v) is 6.09. The van der Waals surface area contributed by atoms with Crippen LogP contribution in [0.5, 0.6) is 5.75 Å². The van der Waals surface area contributed by atoms with E-state index in [9.17, 15) is 10.0 Å². The Bertz CT molecular complexity index is 360. The van der Waals surface area contributed by atoms with E-state index < -0.39 is 7.12 Å². The monoisotopic (exact) mass is 255 g/mol. The summed E-state index contributed by atoms with van der Waals surface area (Å²) in [6.45, 7) is 2.99. The number of ether oxygens (including phenoxy) is 1. The first kappa shape index (κ1) is 12.7. The van der Waals surface area contributed by atoms with Crippen molar-refractivity contribution in [3.05, 3.63) is 24.3 Å². The third-order valence-corrected chi connectivity index (χ3v) is 3.23. The molecule has 0 aliphatic carbocycles. The van der Waals surface area contributed by atoms with Crippen molar-refractivity contribution >= 4 is 24.8 Å². The van der Waals surface area contributed by atoms with Crippen LogP contribution in [0.2, 0.25) is 0 Å². The minimum atomic E-state index is -1.52. The van der Waals surface area contributed by atoms with E-state index in [4.69, 9.17) is 8.92 Å². The normalized spacial score (nSPS) is 16.8. The van der Waals surface area contributed by atoms with E-state index >= 15 is 0 Å². The summed E-state index contributed by atoms with van der Waals surface area (Å²) in [6.07, 6.45) is 0. The van der Waals surface area contributed by atoms with Crippen molar-refractivity contribution < 1.29 is 19.0 Å². The molecule has 17 heavy (non-hydrogen) atoms. The van der Waals surface area contributed by atoms with Gasteiger partial charge < -0.3 is 19.0 Å². The van der Waals surface area contributed by atoms with Gasteiger partial charge in [0.25, 0.3) is 0 Å². The Hall–Kier alpha value is -0.725. The van der Waals surface area contributed by atoms with Crippen molar-refractivity contribution in [3.63, 3.8) is 0 Å². The number of hydrogen-bond donors (Lipinski definition) is 2. The fraction of sp³-hybridized carbons (Fsp3) is 0.400. The van der Waals surface area contributed by atoms with Crippen LogP contribution in [-0.2, 0) is 4.74 Å². The van der Waals surface area contributed by atoms with Gasteiger partial charge in [-0.25, -0.2) is 4.31 Å². The fourth-order valence-corrected chi connectivity index (χ4v) is 2.12. The number of benzene rings is 1. The summed E-state index contributed by atoms with van der Waals surface area (Å²) in [7, 11) is -1.52. The highest BCUT2D eigenvalue weighted by molar-refractivity contribution is 7.92. The Kier molecular flexibility index (Phi) is 4.70. The summed E-state index contributed by atoms with van der Waals surface area (Å²) < 4.78 is 12.8. The van der Waals surface area contributed by atoms with E-state index in [2.05, 4.69) is 0 Å². The lowest BCUT2D eigenvalue weighted by molar-refractivity contribution is 0.0756. The van der Waals surface area contributed by atoms with E-state index in [0.717, 1.165) is 13.1 Å². The maximum absolute atomic E-state index is 9.17. The first-order valence-electron chi connectivity index (χ1n) is 5.40. The van der Waals surface area contributed by atoms with Crippen LogP contribution in [0.25, 0.3) is 0 Å². The number of para-hydroxylation sites is 1. The lowest BCUT2D eigenvalue weighted by Crippen LogP contribution is -2.33. The second-order valence-electron chi connectivity index (χ2n) is 3.61. The van der Waals surface area contributed by atoms with Crippen molar-refractivity contribution in [3.8, 4) is 5.75 Å². The van der Waals surface area contributed by atoms with Crippen molar-refractivity contribution in [1.82, 2.24) is 4.31 Å². The maximum Gasteiger partial charge on any atom is 0.492 e. The molecule has 1 fully saturated rings. The molecule has 92 valence electrons. The zero-order chi connectivity index (χ0) is 12.1. The SMILES string of the molecule is OB(O)c1ccccc1OSN1CCOCC1. The quantitative estimate of drug-likeness (QED) is 0.435. The average Bonchev–Trinajstić information content (AvgIpc) is 2.38. The molecule has 0 bridgehead atoms. The molecule has 1 aromatic carbocycles. The number of hydrogen-bond acceptors (Lipinski definition) is 6. The molecular formula is C10H14BNO4S. The number of rotatable bonds is 4. The van der Waals surface area contributed by atoms with Gasteiger partial charge in [0.05, 0.1) is 13.2 Å². The Morgan fingerprint density at radius 2 is 1.94 bits per heavy atom. The topological polar surface area (TPSA) is 62.2 Å². The van der Waals surface area contributed by atoms with Crippen molar-refractivity contribution in [2.24, 2.45) is 0 Å². The molecule has 1 aliphatic heterocycles. The Labute approximate surface area is 105 Å². The van der Waals surface area contributed by atoms with Gasteiger partial charge in [-0.05, 0) is 6.07 Å². The Morgan fingerprint density at radius 3 is 2.65 bits per heavy atom. The molecule has 1 heterocycles. The van der Waals surface area contributed by atoms with Gasteiger partial charge in [-0.1, -0.05) is 18.2 Å². The molecule has 0 radical (unpaired) electrons. The zero-order valence-electron chi connectivity index (χ0n) is 9.28. The molecule has 7 heteroatoms. The van der Waals surface area contributed by atoms with E-state index in [1.807, 2.05) is 4.31 Å². The molecule has 1 aromatic rings. The van der Waals surface area contributed by atoms with Gasteiger partial charge in [-0.3, -0.25) is 0 Å². The third kappa shape index (κ3) is 3.62. The molecule has 0 saturated carbocycles. The van der Waals surface area contributed by atoms with Crippen molar-refractivity contribution in [2.75, 3.05) is 26.3 Å². The van der Waals surface area contributed by atoms with Gasteiger partial charge in [-0.2, -0.15) is 0 Å². The van der Waals surface area contributed by atoms with E-state index in [1.54, 1.807) is 24.3 Å². The summed E-state index contributed by atoms with van der Waals surface area (Å²) in [6, 6.07) is 6.87. The lowest BCUT2D eigenvalue weighted by atomic mass is 9.80. The van der Waals surface area contributed by atoms with Gasteiger partial charge in [0.15, 0.2) is 0 Å². The number of morpholine rings is 1. The van der Waals surface area contributed by atoms with Crippen molar-refractivity contribution in [1.29, 1.82) is 0 Å². The minimum absolute atomic E-state index is 0.369. The van der Waals surface area contributed by atoms with Gasteiger partial charge in [0, 0.05) is 18.6 Å². The fourth-order valence-electron chi connectivity index (χ4n) is 1.48. The second kappa shape index (κ2) is 6.27. The summed E-state index contributed by atoms with van der Waals surface area (Å²) >= 11 is 1.21. The molecule has 0 amide bonds. The molecular weight excluding hydrogens is 241 g/mol. The summed E-state index contributed by atoms with van der Waals surface area (Å²) in [4.78, 5) is 0. The maximum atomic E-state index is 9.17. The largest absolute Gasteiger partial charge is 0.492 e. The van der Waals surface area contributed by atoms with Crippen molar-refractivity contribution in [2.45, 2.75) is 0 Å². The molecule has 2 N–H and O–H groups in total. The van der Waals surface area contributed by atoms with Crippen LogP contribution >= 0.6 is 12.2 Å². The molecule has 0 spiro atoms. The highest BCUT2D eigenvalue weighted by atomic mass is 32.2. The van der Waals surface area contributed by atoms with Crippen LogP contribution < -0.4 is 9.65 Å². The second-order valence-corrected chi connectivity index (χ2v) is 4.44. The van der Waals surface area contributed by atoms with E-state index in [-0.39, 0.29) is 0 Å². The summed E-state index contributed by atoms with van der Waals surface area (Å²) in [5.74, 6) is 0.471. The highest BCUT2D eigenvalue weighted by Gasteiger charge is 2.18. The molecule has 0 aromatic heterocycles. The van der Waals surface area contributed by atoms with E-state index in [0.29, 0.717) is 24.4 Å². The van der Waals surface area contributed by atoms with Crippen LogP contribution in [-0.4, -0.2) is 47.8 Å². The van der Waals surface area contributed by atoms with Crippen LogP contribution in [0.3, 0.4) is 0 Å². The molecule has 1 saturated heterocycles. The standard InChI is InChI=1S/C10H14BNO4S/c13-11(14)9-3-1-2-4-10(9)16-17-12-5-7-15-8-6-12/h1-4,13-14H,5-8H2. The average molecular weight is 255 g/mol. The Balaban J connectivity index is 1.93.